The Morgan fingerprint density at radius 1 is 1.33 bits per heavy atom. The van der Waals surface area contributed by atoms with Crippen molar-refractivity contribution >= 4 is 26.8 Å². The van der Waals surface area contributed by atoms with Gasteiger partial charge in [-0.15, -0.1) is 0 Å². The molecule has 80 valence electrons. The van der Waals surface area contributed by atoms with Crippen molar-refractivity contribution in [2.45, 2.75) is 13.3 Å². The van der Waals surface area contributed by atoms with E-state index in [1.807, 2.05) is 13.0 Å². The monoisotopic (exact) mass is 267 g/mol. The van der Waals surface area contributed by atoms with Gasteiger partial charge in [-0.05, 0) is 31.2 Å². The van der Waals surface area contributed by atoms with Crippen LogP contribution in [0.15, 0.2) is 28.7 Å². The Balaban J connectivity index is 2.16. The number of hydrogen-bond acceptors (Lipinski definition) is 1. The van der Waals surface area contributed by atoms with Crippen LogP contribution in [0, 0.1) is 0 Å². The summed E-state index contributed by atoms with van der Waals surface area (Å²) in [4.78, 5) is 3.38. The first-order chi connectivity index (χ1) is 7.29. The van der Waals surface area contributed by atoms with E-state index in [0.717, 1.165) is 24.1 Å². The number of fused-ring (bicyclic) bond motifs is 1. The largest absolute Gasteiger partial charge is 0.381 e. The number of aromatic nitrogens is 1. The second-order valence-electron chi connectivity index (χ2n) is 3.47. The van der Waals surface area contributed by atoms with Gasteiger partial charge in [0.2, 0.25) is 0 Å². The molecule has 3 heteroatoms. The van der Waals surface area contributed by atoms with E-state index >= 15 is 0 Å². The van der Waals surface area contributed by atoms with Gasteiger partial charge < -0.3 is 9.72 Å². The number of benzene rings is 1. The Kier molecular flexibility index (Phi) is 3.44. The first-order valence-electron chi connectivity index (χ1n) is 5.14. The van der Waals surface area contributed by atoms with Crippen molar-refractivity contribution in [3.63, 3.8) is 0 Å². The normalized spacial score (nSPS) is 11.1. The van der Waals surface area contributed by atoms with Crippen molar-refractivity contribution in [3.05, 3.63) is 34.4 Å². The average Bonchev–Trinajstić information content (AvgIpc) is 2.60. The molecular formula is C12H14BrNO. The highest BCUT2D eigenvalue weighted by atomic mass is 79.9. The lowest BCUT2D eigenvalue weighted by Crippen LogP contribution is -1.97. The van der Waals surface area contributed by atoms with Gasteiger partial charge in [0.1, 0.15) is 0 Å². The van der Waals surface area contributed by atoms with Gasteiger partial charge >= 0.3 is 0 Å². The van der Waals surface area contributed by atoms with E-state index in [9.17, 15) is 0 Å². The van der Waals surface area contributed by atoms with Crippen LogP contribution >= 0.6 is 15.9 Å². The summed E-state index contributed by atoms with van der Waals surface area (Å²) in [6.45, 7) is 3.58. The fourth-order valence-corrected chi connectivity index (χ4v) is 2.00. The Morgan fingerprint density at radius 3 is 3.00 bits per heavy atom. The van der Waals surface area contributed by atoms with Crippen LogP contribution in [0.4, 0.5) is 0 Å². The van der Waals surface area contributed by atoms with Crippen LogP contribution in [0.2, 0.25) is 0 Å². The van der Waals surface area contributed by atoms with E-state index in [1.165, 1.54) is 16.6 Å². The molecule has 0 fully saturated rings. The summed E-state index contributed by atoms with van der Waals surface area (Å²) in [5, 5.41) is 1.25. The van der Waals surface area contributed by atoms with Crippen molar-refractivity contribution in [1.82, 2.24) is 4.98 Å². The summed E-state index contributed by atoms with van der Waals surface area (Å²) in [5.41, 5.74) is 2.42. The molecule has 0 amide bonds. The van der Waals surface area contributed by atoms with Crippen LogP contribution in [0.3, 0.4) is 0 Å². The molecule has 2 nitrogen and oxygen atoms in total. The highest BCUT2D eigenvalue weighted by Crippen LogP contribution is 2.20. The lowest BCUT2D eigenvalue weighted by atomic mass is 10.2. The quantitative estimate of drug-likeness (QED) is 0.843. The number of nitrogens with one attached hydrogen (secondary N) is 1. The maximum absolute atomic E-state index is 5.33. The molecule has 1 N–H and O–H groups in total. The molecule has 2 aromatic rings. The minimum atomic E-state index is 0.782. The first kappa shape index (κ1) is 10.7. The van der Waals surface area contributed by atoms with Crippen LogP contribution in [0.5, 0.6) is 0 Å². The molecule has 0 radical (unpaired) electrons. The third-order valence-corrected chi connectivity index (χ3v) is 2.85. The zero-order valence-corrected chi connectivity index (χ0v) is 10.3. The summed E-state index contributed by atoms with van der Waals surface area (Å²) in [7, 11) is 0. The number of halogens is 1. The molecule has 0 spiro atoms. The fraction of sp³-hybridized carbons (Fsp3) is 0.333. The molecular weight excluding hydrogens is 254 g/mol. The van der Waals surface area contributed by atoms with Gasteiger partial charge in [-0.2, -0.15) is 0 Å². The summed E-state index contributed by atoms with van der Waals surface area (Å²) in [6.07, 6.45) is 0.945. The van der Waals surface area contributed by atoms with Crippen molar-refractivity contribution in [1.29, 1.82) is 0 Å². The third kappa shape index (κ3) is 2.61. The van der Waals surface area contributed by atoms with Crippen molar-refractivity contribution in [3.8, 4) is 0 Å². The van der Waals surface area contributed by atoms with E-state index in [2.05, 4.69) is 39.1 Å². The smallest absolute Gasteiger partial charge is 0.0520 e. The van der Waals surface area contributed by atoms with E-state index in [-0.39, 0.29) is 0 Å². The standard InChI is InChI=1S/C12H14BrNO/c1-2-15-6-5-11-8-9-7-10(13)3-4-12(9)14-11/h3-4,7-8,14H,2,5-6H2,1H3. The number of H-pyrrole nitrogens is 1. The zero-order chi connectivity index (χ0) is 10.7. The van der Waals surface area contributed by atoms with E-state index < -0.39 is 0 Å². The molecule has 0 aliphatic carbocycles. The van der Waals surface area contributed by atoms with Gasteiger partial charge in [0.25, 0.3) is 0 Å². The number of ether oxygens (including phenoxy) is 1. The molecule has 0 saturated carbocycles. The lowest BCUT2D eigenvalue weighted by Gasteiger charge is -1.97. The van der Waals surface area contributed by atoms with Crippen molar-refractivity contribution in [2.24, 2.45) is 0 Å². The van der Waals surface area contributed by atoms with Gasteiger partial charge in [0, 0.05) is 34.1 Å². The van der Waals surface area contributed by atoms with Crippen molar-refractivity contribution in [2.75, 3.05) is 13.2 Å². The Morgan fingerprint density at radius 2 is 2.20 bits per heavy atom. The highest BCUT2D eigenvalue weighted by Gasteiger charge is 2.00. The second-order valence-corrected chi connectivity index (χ2v) is 4.39. The predicted molar refractivity (Wildman–Crippen MR) is 66.2 cm³/mol. The highest BCUT2D eigenvalue weighted by molar-refractivity contribution is 9.10. The van der Waals surface area contributed by atoms with Gasteiger partial charge in [-0.25, -0.2) is 0 Å². The molecule has 0 bridgehead atoms. The minimum Gasteiger partial charge on any atom is -0.381 e. The van der Waals surface area contributed by atoms with Gasteiger partial charge in [0.05, 0.1) is 6.61 Å². The van der Waals surface area contributed by atoms with Crippen LogP contribution in [0.25, 0.3) is 10.9 Å². The number of aromatic amines is 1. The maximum atomic E-state index is 5.33. The van der Waals surface area contributed by atoms with E-state index in [1.54, 1.807) is 0 Å². The molecule has 1 aromatic heterocycles. The number of rotatable bonds is 4. The van der Waals surface area contributed by atoms with Crippen LogP contribution in [0.1, 0.15) is 12.6 Å². The minimum absolute atomic E-state index is 0.782. The molecule has 15 heavy (non-hydrogen) atoms. The fourth-order valence-electron chi connectivity index (χ4n) is 1.62. The maximum Gasteiger partial charge on any atom is 0.0520 e. The number of hydrogen-bond donors (Lipinski definition) is 1. The van der Waals surface area contributed by atoms with Crippen molar-refractivity contribution < 1.29 is 4.74 Å². The summed E-state index contributed by atoms with van der Waals surface area (Å²) >= 11 is 3.47. The van der Waals surface area contributed by atoms with Gasteiger partial charge in [0.15, 0.2) is 0 Å². The zero-order valence-electron chi connectivity index (χ0n) is 8.72. The molecule has 1 heterocycles. The van der Waals surface area contributed by atoms with Crippen LogP contribution in [-0.2, 0) is 11.2 Å². The van der Waals surface area contributed by atoms with Crippen LogP contribution < -0.4 is 0 Å². The Hall–Kier alpha value is -0.800. The van der Waals surface area contributed by atoms with Crippen LogP contribution in [-0.4, -0.2) is 18.2 Å². The lowest BCUT2D eigenvalue weighted by molar-refractivity contribution is 0.150. The Bertz CT molecular complexity index is 450. The topological polar surface area (TPSA) is 25.0 Å². The van der Waals surface area contributed by atoms with E-state index in [0.29, 0.717) is 0 Å². The summed E-state index contributed by atoms with van der Waals surface area (Å²) in [5.74, 6) is 0. The molecule has 2 rings (SSSR count). The van der Waals surface area contributed by atoms with Gasteiger partial charge in [-0.1, -0.05) is 15.9 Å². The van der Waals surface area contributed by atoms with Gasteiger partial charge in [-0.3, -0.25) is 0 Å². The predicted octanol–water partition coefficient (Wildman–Crippen LogP) is 3.51. The molecule has 0 aliphatic heterocycles. The molecule has 0 unspecified atom stereocenters. The summed E-state index contributed by atoms with van der Waals surface area (Å²) < 4.78 is 6.44. The van der Waals surface area contributed by atoms with E-state index in [4.69, 9.17) is 4.74 Å². The molecule has 0 atom stereocenters. The third-order valence-electron chi connectivity index (χ3n) is 2.36. The first-order valence-corrected chi connectivity index (χ1v) is 5.94. The Labute approximate surface area is 97.8 Å². The molecule has 1 aromatic carbocycles. The second kappa shape index (κ2) is 4.81. The molecule has 0 aliphatic rings. The summed E-state index contributed by atoms with van der Waals surface area (Å²) in [6, 6.07) is 8.43. The molecule has 0 saturated heterocycles. The average molecular weight is 268 g/mol. The SMILES string of the molecule is CCOCCc1cc2cc(Br)ccc2[nH]1.